The van der Waals surface area contributed by atoms with Crippen molar-refractivity contribution in [2.45, 2.75) is 19.8 Å². The van der Waals surface area contributed by atoms with Crippen LogP contribution in [0.3, 0.4) is 0 Å². The monoisotopic (exact) mass is 422 g/mol. The molecule has 0 aliphatic rings. The van der Waals surface area contributed by atoms with Crippen molar-refractivity contribution in [1.82, 2.24) is 10.6 Å². The summed E-state index contributed by atoms with van der Waals surface area (Å²) < 4.78 is 0. The van der Waals surface area contributed by atoms with Crippen molar-refractivity contribution in [3.05, 3.63) is 102 Å². The molecule has 0 saturated carbocycles. The zero-order valence-electron chi connectivity index (χ0n) is 18.1. The largest absolute Gasteiger partial charge is 0.351 e. The van der Waals surface area contributed by atoms with Gasteiger partial charge < -0.3 is 10.6 Å². The second-order valence-corrected chi connectivity index (χ2v) is 7.72. The number of rotatable bonds is 7. The fourth-order valence-electron chi connectivity index (χ4n) is 3.77. The Kier molecular flexibility index (Phi) is 6.61. The number of carbonyl (C=O) groups excluding carboxylic acids is 2. The molecule has 0 aliphatic heterocycles. The minimum absolute atomic E-state index is 0.233. The van der Waals surface area contributed by atoms with Crippen molar-refractivity contribution in [3.63, 3.8) is 0 Å². The summed E-state index contributed by atoms with van der Waals surface area (Å²) in [5.74, 6) is -0.605. The van der Waals surface area contributed by atoms with Crippen molar-refractivity contribution in [1.29, 1.82) is 0 Å². The normalized spacial score (nSPS) is 11.5. The van der Waals surface area contributed by atoms with Gasteiger partial charge in [0.15, 0.2) is 0 Å². The van der Waals surface area contributed by atoms with Gasteiger partial charge in [0.05, 0.1) is 0 Å². The maximum atomic E-state index is 13.1. The predicted octanol–water partition coefficient (Wildman–Crippen LogP) is 5.68. The molecule has 0 heterocycles. The lowest BCUT2D eigenvalue weighted by molar-refractivity contribution is -0.117. The van der Waals surface area contributed by atoms with Crippen LogP contribution in [0.4, 0.5) is 0 Å². The van der Waals surface area contributed by atoms with Crippen molar-refractivity contribution in [2.24, 2.45) is 0 Å². The number of fused-ring (bicyclic) bond motifs is 2. The van der Waals surface area contributed by atoms with E-state index in [9.17, 15) is 9.59 Å². The van der Waals surface area contributed by atoms with Crippen LogP contribution in [-0.2, 0) is 4.79 Å². The first kappa shape index (κ1) is 21.3. The van der Waals surface area contributed by atoms with E-state index in [2.05, 4.69) is 35.8 Å². The van der Waals surface area contributed by atoms with Crippen LogP contribution >= 0.6 is 0 Å². The molecule has 0 fully saturated rings. The molecule has 0 radical (unpaired) electrons. The third kappa shape index (κ3) is 4.70. The summed E-state index contributed by atoms with van der Waals surface area (Å²) in [7, 11) is 0. The number of carbonyl (C=O) groups is 2. The SMILES string of the molecule is CCCCNC(=O)C(=Cc1c2ccccc2cc2ccccc12)NC(=O)c1ccccc1. The van der Waals surface area contributed by atoms with Gasteiger partial charge in [0.2, 0.25) is 0 Å². The molecule has 2 amide bonds. The first-order chi connectivity index (χ1) is 15.7. The fourth-order valence-corrected chi connectivity index (χ4v) is 3.77. The molecule has 0 atom stereocenters. The first-order valence-electron chi connectivity index (χ1n) is 10.9. The molecule has 4 aromatic rings. The van der Waals surface area contributed by atoms with Gasteiger partial charge in [-0.15, -0.1) is 0 Å². The molecule has 4 nitrogen and oxygen atoms in total. The minimum Gasteiger partial charge on any atom is -0.351 e. The average molecular weight is 423 g/mol. The third-order valence-corrected chi connectivity index (χ3v) is 5.45. The molecule has 0 aliphatic carbocycles. The molecule has 0 spiro atoms. The highest BCUT2D eigenvalue weighted by Crippen LogP contribution is 2.30. The minimum atomic E-state index is -0.313. The molecule has 4 heteroatoms. The zero-order valence-corrected chi connectivity index (χ0v) is 18.1. The van der Waals surface area contributed by atoms with Crippen LogP contribution in [0.15, 0.2) is 90.6 Å². The summed E-state index contributed by atoms with van der Waals surface area (Å²) in [6.45, 7) is 2.63. The van der Waals surface area contributed by atoms with E-state index < -0.39 is 0 Å². The standard InChI is InChI=1S/C28H26N2O2/c1-2-3-17-29-28(32)26(30-27(31)20-11-5-4-6-12-20)19-25-23-15-9-7-13-21(23)18-22-14-8-10-16-24(22)25/h4-16,18-19H,2-3,17H2,1H3,(H,29,32)(H,30,31). The number of hydrogen-bond donors (Lipinski definition) is 2. The van der Waals surface area contributed by atoms with Gasteiger partial charge >= 0.3 is 0 Å². The summed E-state index contributed by atoms with van der Waals surface area (Å²) in [6, 6.07) is 27.2. The summed E-state index contributed by atoms with van der Waals surface area (Å²) in [6.07, 6.45) is 3.65. The van der Waals surface area contributed by atoms with Gasteiger partial charge in [0, 0.05) is 12.1 Å². The summed E-state index contributed by atoms with van der Waals surface area (Å²) in [4.78, 5) is 25.9. The van der Waals surface area contributed by atoms with E-state index in [4.69, 9.17) is 0 Å². The molecule has 0 aromatic heterocycles. The van der Waals surface area contributed by atoms with E-state index in [0.29, 0.717) is 12.1 Å². The highest BCUT2D eigenvalue weighted by atomic mass is 16.2. The Bertz CT molecular complexity index is 1240. The van der Waals surface area contributed by atoms with E-state index in [1.54, 1.807) is 30.3 Å². The van der Waals surface area contributed by atoms with E-state index in [0.717, 1.165) is 39.9 Å². The zero-order chi connectivity index (χ0) is 22.3. The smallest absolute Gasteiger partial charge is 0.267 e. The Hall–Kier alpha value is -3.92. The van der Waals surface area contributed by atoms with Crippen molar-refractivity contribution in [3.8, 4) is 0 Å². The van der Waals surface area contributed by atoms with Crippen LogP contribution in [0.1, 0.15) is 35.7 Å². The lowest BCUT2D eigenvalue weighted by atomic mass is 9.96. The number of benzene rings is 4. The Morgan fingerprint density at radius 3 is 2.03 bits per heavy atom. The molecule has 4 aromatic carbocycles. The van der Waals surface area contributed by atoms with Crippen molar-refractivity contribution >= 4 is 39.4 Å². The number of nitrogens with one attached hydrogen (secondary N) is 2. The van der Waals surface area contributed by atoms with Crippen LogP contribution in [0.25, 0.3) is 27.6 Å². The van der Waals surface area contributed by atoms with E-state index >= 15 is 0 Å². The Morgan fingerprint density at radius 2 is 1.41 bits per heavy atom. The van der Waals surface area contributed by atoms with Crippen LogP contribution in [0.5, 0.6) is 0 Å². The molecule has 4 rings (SSSR count). The van der Waals surface area contributed by atoms with Gasteiger partial charge in [-0.3, -0.25) is 9.59 Å². The lowest BCUT2D eigenvalue weighted by Gasteiger charge is -2.13. The van der Waals surface area contributed by atoms with Crippen molar-refractivity contribution in [2.75, 3.05) is 6.54 Å². The maximum absolute atomic E-state index is 13.1. The molecular formula is C28H26N2O2. The fraction of sp³-hybridized carbons (Fsp3) is 0.143. The highest BCUT2D eigenvalue weighted by molar-refractivity contribution is 6.11. The first-order valence-corrected chi connectivity index (χ1v) is 10.9. The van der Waals surface area contributed by atoms with Crippen LogP contribution in [0, 0.1) is 0 Å². The maximum Gasteiger partial charge on any atom is 0.267 e. The molecule has 0 saturated heterocycles. The Labute approximate surface area is 188 Å². The van der Waals surface area contributed by atoms with Gasteiger partial charge in [0.25, 0.3) is 11.8 Å². The topological polar surface area (TPSA) is 58.2 Å². The molecular weight excluding hydrogens is 396 g/mol. The van der Waals surface area contributed by atoms with Gasteiger partial charge in [-0.25, -0.2) is 0 Å². The molecule has 2 N–H and O–H groups in total. The van der Waals surface area contributed by atoms with Crippen LogP contribution < -0.4 is 10.6 Å². The quantitative estimate of drug-likeness (QED) is 0.229. The molecule has 0 bridgehead atoms. The third-order valence-electron chi connectivity index (χ3n) is 5.45. The average Bonchev–Trinajstić information content (AvgIpc) is 2.83. The summed E-state index contributed by atoms with van der Waals surface area (Å²) in [5.41, 5.74) is 1.65. The molecule has 160 valence electrons. The van der Waals surface area contributed by atoms with E-state index in [1.807, 2.05) is 42.5 Å². The molecule has 32 heavy (non-hydrogen) atoms. The number of amides is 2. The van der Waals surface area contributed by atoms with Crippen LogP contribution in [0.2, 0.25) is 0 Å². The van der Waals surface area contributed by atoms with Crippen LogP contribution in [-0.4, -0.2) is 18.4 Å². The Balaban J connectivity index is 1.82. The molecule has 0 unspecified atom stereocenters. The van der Waals surface area contributed by atoms with Gasteiger partial charge in [-0.1, -0.05) is 80.1 Å². The highest BCUT2D eigenvalue weighted by Gasteiger charge is 2.16. The number of hydrogen-bond acceptors (Lipinski definition) is 2. The predicted molar refractivity (Wildman–Crippen MR) is 131 cm³/mol. The summed E-state index contributed by atoms with van der Waals surface area (Å²) >= 11 is 0. The second-order valence-electron chi connectivity index (χ2n) is 7.72. The summed E-state index contributed by atoms with van der Waals surface area (Å²) in [5, 5.41) is 10.00. The van der Waals surface area contributed by atoms with Crippen molar-refractivity contribution < 1.29 is 9.59 Å². The van der Waals surface area contributed by atoms with E-state index in [-0.39, 0.29) is 17.5 Å². The van der Waals surface area contributed by atoms with E-state index in [1.165, 1.54) is 0 Å². The lowest BCUT2D eigenvalue weighted by Crippen LogP contribution is -2.35. The van der Waals surface area contributed by atoms with Gasteiger partial charge in [-0.05, 0) is 57.8 Å². The second kappa shape index (κ2) is 9.92. The number of unbranched alkanes of at least 4 members (excludes halogenated alkanes) is 1. The van der Waals surface area contributed by atoms with Gasteiger partial charge in [-0.2, -0.15) is 0 Å². The Morgan fingerprint density at radius 1 is 0.812 bits per heavy atom. The van der Waals surface area contributed by atoms with Gasteiger partial charge in [0.1, 0.15) is 5.70 Å².